The lowest BCUT2D eigenvalue weighted by molar-refractivity contribution is -0.141. The van der Waals surface area contributed by atoms with Gasteiger partial charge in [0.05, 0.1) is 11.7 Å². The Bertz CT molecular complexity index is 349. The van der Waals surface area contributed by atoms with Gasteiger partial charge < -0.3 is 9.84 Å². The molecule has 1 N–H and O–H groups in total. The van der Waals surface area contributed by atoms with Crippen LogP contribution in [0.3, 0.4) is 0 Å². The third-order valence-electron chi connectivity index (χ3n) is 4.29. The molecule has 0 bridgehead atoms. The first-order chi connectivity index (χ1) is 9.27. The van der Waals surface area contributed by atoms with Gasteiger partial charge in [-0.1, -0.05) is 49.6 Å². The molecule has 1 atom stereocenters. The summed E-state index contributed by atoms with van der Waals surface area (Å²) in [5, 5.41) is 10.6. The van der Waals surface area contributed by atoms with E-state index in [4.69, 9.17) is 4.74 Å². The lowest BCUT2D eigenvalue weighted by atomic mass is 9.78. The van der Waals surface area contributed by atoms with Crippen molar-refractivity contribution in [1.82, 2.24) is 0 Å². The molecule has 0 aromatic heterocycles. The third-order valence-corrected chi connectivity index (χ3v) is 4.29. The third kappa shape index (κ3) is 3.80. The average Bonchev–Trinajstić information content (AvgIpc) is 2.47. The van der Waals surface area contributed by atoms with Crippen molar-refractivity contribution in [2.24, 2.45) is 0 Å². The van der Waals surface area contributed by atoms with E-state index in [1.807, 2.05) is 13.0 Å². The minimum atomic E-state index is -0.340. The van der Waals surface area contributed by atoms with E-state index in [2.05, 4.69) is 24.3 Å². The normalized spacial score (nSPS) is 20.1. The van der Waals surface area contributed by atoms with Crippen LogP contribution in [-0.2, 0) is 11.2 Å². The molecule has 106 valence electrons. The van der Waals surface area contributed by atoms with Crippen LogP contribution < -0.4 is 0 Å². The minimum absolute atomic E-state index is 0.276. The summed E-state index contributed by atoms with van der Waals surface area (Å²) in [5.74, 6) is 0. The number of hydrogen-bond donors (Lipinski definition) is 1. The SMILES string of the molecule is CCOC1(C(O)CCc2ccccc2)CCCCC1. The highest BCUT2D eigenvalue weighted by Crippen LogP contribution is 2.36. The van der Waals surface area contributed by atoms with Gasteiger partial charge in [-0.05, 0) is 38.2 Å². The summed E-state index contributed by atoms with van der Waals surface area (Å²) in [5.41, 5.74) is 1.02. The van der Waals surface area contributed by atoms with Crippen LogP contribution in [0, 0.1) is 0 Å². The number of aliphatic hydroxyl groups excluding tert-OH is 1. The van der Waals surface area contributed by atoms with Gasteiger partial charge in [0, 0.05) is 6.61 Å². The van der Waals surface area contributed by atoms with Crippen molar-refractivity contribution >= 4 is 0 Å². The Balaban J connectivity index is 1.93. The van der Waals surface area contributed by atoms with Crippen molar-refractivity contribution in [3.8, 4) is 0 Å². The number of aliphatic hydroxyl groups is 1. The van der Waals surface area contributed by atoms with Crippen LogP contribution in [0.4, 0.5) is 0 Å². The molecule has 2 heteroatoms. The van der Waals surface area contributed by atoms with Gasteiger partial charge in [0.15, 0.2) is 0 Å². The molecule has 0 amide bonds. The standard InChI is InChI=1S/C17H26O2/c1-2-19-17(13-7-4-8-14-17)16(18)12-11-15-9-5-3-6-10-15/h3,5-6,9-10,16,18H,2,4,7-8,11-14H2,1H3. The second-order valence-corrected chi connectivity index (χ2v) is 5.60. The molecule has 2 nitrogen and oxygen atoms in total. The molecule has 0 heterocycles. The van der Waals surface area contributed by atoms with Crippen LogP contribution in [0.5, 0.6) is 0 Å². The maximum Gasteiger partial charge on any atom is 0.0940 e. The average molecular weight is 262 g/mol. The van der Waals surface area contributed by atoms with Gasteiger partial charge in [0.1, 0.15) is 0 Å². The second-order valence-electron chi connectivity index (χ2n) is 5.60. The number of hydrogen-bond acceptors (Lipinski definition) is 2. The number of rotatable bonds is 6. The molecule has 1 aromatic rings. The van der Waals surface area contributed by atoms with Crippen LogP contribution in [0.2, 0.25) is 0 Å². The van der Waals surface area contributed by atoms with E-state index >= 15 is 0 Å². The van der Waals surface area contributed by atoms with Gasteiger partial charge in [-0.2, -0.15) is 0 Å². The summed E-state index contributed by atoms with van der Waals surface area (Å²) in [4.78, 5) is 0. The Labute approximate surface area is 116 Å². The van der Waals surface area contributed by atoms with Crippen LogP contribution in [-0.4, -0.2) is 23.4 Å². The van der Waals surface area contributed by atoms with Gasteiger partial charge in [-0.15, -0.1) is 0 Å². The zero-order valence-electron chi connectivity index (χ0n) is 12.0. The summed E-state index contributed by atoms with van der Waals surface area (Å²) in [6, 6.07) is 10.4. The molecule has 19 heavy (non-hydrogen) atoms. The molecule has 1 aliphatic carbocycles. The number of aryl methyl sites for hydroxylation is 1. The van der Waals surface area contributed by atoms with Crippen molar-refractivity contribution in [3.05, 3.63) is 35.9 Å². The van der Waals surface area contributed by atoms with Gasteiger partial charge in [-0.25, -0.2) is 0 Å². The van der Waals surface area contributed by atoms with Crippen LogP contribution in [0.1, 0.15) is 51.0 Å². The highest BCUT2D eigenvalue weighted by Gasteiger charge is 2.39. The predicted octanol–water partition coefficient (Wildman–Crippen LogP) is 3.72. The van der Waals surface area contributed by atoms with Crippen molar-refractivity contribution in [3.63, 3.8) is 0 Å². The zero-order valence-corrected chi connectivity index (χ0v) is 12.0. The molecular formula is C17H26O2. The highest BCUT2D eigenvalue weighted by atomic mass is 16.5. The predicted molar refractivity (Wildman–Crippen MR) is 78.2 cm³/mol. The molecular weight excluding hydrogens is 236 g/mol. The fourth-order valence-electron chi connectivity index (χ4n) is 3.22. The van der Waals surface area contributed by atoms with Gasteiger partial charge >= 0.3 is 0 Å². The first-order valence-electron chi connectivity index (χ1n) is 7.63. The van der Waals surface area contributed by atoms with E-state index in [0.29, 0.717) is 6.61 Å². The quantitative estimate of drug-likeness (QED) is 0.846. The van der Waals surface area contributed by atoms with Crippen LogP contribution >= 0.6 is 0 Å². The highest BCUT2D eigenvalue weighted by molar-refractivity contribution is 5.15. The van der Waals surface area contributed by atoms with Crippen molar-refractivity contribution in [1.29, 1.82) is 0 Å². The summed E-state index contributed by atoms with van der Waals surface area (Å²) in [6.07, 6.45) is 7.05. The Morgan fingerprint density at radius 3 is 2.47 bits per heavy atom. The summed E-state index contributed by atoms with van der Waals surface area (Å²) >= 11 is 0. The smallest absolute Gasteiger partial charge is 0.0940 e. The lowest BCUT2D eigenvalue weighted by Gasteiger charge is -2.41. The van der Waals surface area contributed by atoms with Gasteiger partial charge in [0.25, 0.3) is 0 Å². The summed E-state index contributed by atoms with van der Waals surface area (Å²) < 4.78 is 5.97. The fraction of sp³-hybridized carbons (Fsp3) is 0.647. The number of ether oxygens (including phenoxy) is 1. The van der Waals surface area contributed by atoms with E-state index < -0.39 is 0 Å². The van der Waals surface area contributed by atoms with E-state index in [1.165, 1.54) is 24.8 Å². The van der Waals surface area contributed by atoms with E-state index in [9.17, 15) is 5.11 Å². The lowest BCUT2D eigenvalue weighted by Crippen LogP contribution is -2.46. The monoisotopic (exact) mass is 262 g/mol. The van der Waals surface area contributed by atoms with E-state index in [0.717, 1.165) is 25.7 Å². The van der Waals surface area contributed by atoms with Crippen LogP contribution in [0.25, 0.3) is 0 Å². The Morgan fingerprint density at radius 1 is 1.16 bits per heavy atom. The molecule has 1 aliphatic rings. The second kappa shape index (κ2) is 7.06. The first-order valence-corrected chi connectivity index (χ1v) is 7.63. The molecule has 1 fully saturated rings. The zero-order chi connectivity index (χ0) is 13.6. The summed E-state index contributed by atoms with van der Waals surface area (Å²) in [6.45, 7) is 2.72. The van der Waals surface area contributed by atoms with Crippen molar-refractivity contribution in [2.75, 3.05) is 6.61 Å². The Morgan fingerprint density at radius 2 is 1.84 bits per heavy atom. The molecule has 0 radical (unpaired) electrons. The molecule has 0 saturated heterocycles. The molecule has 2 rings (SSSR count). The largest absolute Gasteiger partial charge is 0.390 e. The van der Waals surface area contributed by atoms with Crippen molar-refractivity contribution < 1.29 is 9.84 Å². The molecule has 0 aliphatic heterocycles. The maximum absolute atomic E-state index is 10.6. The fourth-order valence-corrected chi connectivity index (χ4v) is 3.22. The van der Waals surface area contributed by atoms with Gasteiger partial charge in [-0.3, -0.25) is 0 Å². The molecule has 1 saturated carbocycles. The Kier molecular flexibility index (Phi) is 5.41. The number of benzene rings is 1. The molecule has 1 unspecified atom stereocenters. The first kappa shape index (κ1) is 14.5. The summed E-state index contributed by atoms with van der Waals surface area (Å²) in [7, 11) is 0. The van der Waals surface area contributed by atoms with Crippen LogP contribution in [0.15, 0.2) is 30.3 Å². The van der Waals surface area contributed by atoms with Crippen molar-refractivity contribution in [2.45, 2.75) is 63.6 Å². The topological polar surface area (TPSA) is 29.5 Å². The molecule has 0 spiro atoms. The Hall–Kier alpha value is -0.860. The van der Waals surface area contributed by atoms with E-state index in [-0.39, 0.29) is 11.7 Å². The van der Waals surface area contributed by atoms with Gasteiger partial charge in [0.2, 0.25) is 0 Å². The maximum atomic E-state index is 10.6. The molecule has 1 aromatic carbocycles. The minimum Gasteiger partial charge on any atom is -0.390 e. The van der Waals surface area contributed by atoms with E-state index in [1.54, 1.807) is 0 Å².